The number of rotatable bonds is 3. The zero-order chi connectivity index (χ0) is 19.3. The van der Waals surface area contributed by atoms with Crippen molar-refractivity contribution in [2.45, 2.75) is 33.7 Å². The lowest BCUT2D eigenvalue weighted by Gasteiger charge is -2.27. The molecule has 1 amide bonds. The van der Waals surface area contributed by atoms with Crippen LogP contribution in [-0.4, -0.2) is 29.5 Å². The van der Waals surface area contributed by atoms with E-state index < -0.39 is 24.9 Å². The van der Waals surface area contributed by atoms with Gasteiger partial charge in [-0.1, -0.05) is 20.8 Å². The van der Waals surface area contributed by atoms with Gasteiger partial charge in [-0.2, -0.15) is 4.76 Å². The van der Waals surface area contributed by atoms with Gasteiger partial charge in [0.1, 0.15) is 11.3 Å². The van der Waals surface area contributed by atoms with Gasteiger partial charge in [0.05, 0.1) is 23.6 Å². The van der Waals surface area contributed by atoms with Gasteiger partial charge in [0.15, 0.2) is 5.84 Å². The molecule has 0 bridgehead atoms. The molecule has 1 aromatic carbocycles. The van der Waals surface area contributed by atoms with E-state index in [0.29, 0.717) is 16.7 Å². The van der Waals surface area contributed by atoms with Gasteiger partial charge < -0.3 is 26.0 Å². The average Bonchev–Trinajstić information content (AvgIpc) is 2.83. The smallest absolute Gasteiger partial charge is 0.348 e. The maximum atomic E-state index is 13.3. The van der Waals surface area contributed by atoms with Crippen LogP contribution in [0.4, 0.5) is 11.4 Å². The normalized spacial score (nSPS) is 25.5. The molecule has 140 valence electrons. The minimum atomic E-state index is -3.63. The van der Waals surface area contributed by atoms with Gasteiger partial charge >= 0.3 is 7.52 Å². The predicted octanol–water partition coefficient (Wildman–Crippen LogP) is 2.30. The van der Waals surface area contributed by atoms with Crippen molar-refractivity contribution in [3.05, 3.63) is 29.5 Å². The molecule has 2 heterocycles. The Labute approximate surface area is 152 Å². The third-order valence-electron chi connectivity index (χ3n) is 4.25. The molecule has 8 nitrogen and oxygen atoms in total. The molecule has 0 radical (unpaired) electrons. The van der Waals surface area contributed by atoms with Crippen molar-refractivity contribution in [1.29, 1.82) is 0 Å². The number of fused-ring (bicyclic) bond motifs is 1. The number of hydrogen-bond donors (Lipinski definition) is 4. The van der Waals surface area contributed by atoms with Crippen LogP contribution < -0.4 is 21.7 Å². The number of hydrogen-bond acceptors (Lipinski definition) is 6. The van der Waals surface area contributed by atoms with Crippen LogP contribution in [0.5, 0.6) is 0 Å². The Balaban J connectivity index is 2.14. The Morgan fingerprint density at radius 3 is 2.65 bits per heavy atom. The van der Waals surface area contributed by atoms with Crippen LogP contribution in [0.1, 0.15) is 27.7 Å². The van der Waals surface area contributed by atoms with Gasteiger partial charge in [-0.3, -0.25) is 9.36 Å². The molecule has 0 saturated carbocycles. The summed E-state index contributed by atoms with van der Waals surface area (Å²) in [5.74, 6) is -0.577. The highest BCUT2D eigenvalue weighted by atomic mass is 31.2. The summed E-state index contributed by atoms with van der Waals surface area (Å²) in [7, 11) is -3.63. The number of amides is 1. The van der Waals surface area contributed by atoms with E-state index in [4.69, 9.17) is 10.3 Å². The predicted molar refractivity (Wildman–Crippen MR) is 102 cm³/mol. The zero-order valence-corrected chi connectivity index (χ0v) is 16.1. The second-order valence-electron chi connectivity index (χ2n) is 7.32. The number of nitrogens with one attached hydrogen (secondary N) is 2. The Morgan fingerprint density at radius 1 is 1.38 bits per heavy atom. The molecule has 0 spiro atoms. The maximum absolute atomic E-state index is 13.3. The first-order chi connectivity index (χ1) is 12.1. The van der Waals surface area contributed by atoms with Gasteiger partial charge in [-0.15, -0.1) is 0 Å². The molecule has 9 heteroatoms. The fourth-order valence-corrected chi connectivity index (χ4v) is 4.81. The van der Waals surface area contributed by atoms with Crippen LogP contribution in [0.2, 0.25) is 0 Å². The molecule has 1 unspecified atom stereocenters. The van der Waals surface area contributed by atoms with E-state index >= 15 is 0 Å². The van der Waals surface area contributed by atoms with Crippen LogP contribution in [0.15, 0.2) is 34.3 Å². The minimum absolute atomic E-state index is 0.0210. The largest absolute Gasteiger partial charge is 0.509 e. The fourth-order valence-electron chi connectivity index (χ4n) is 3.00. The summed E-state index contributed by atoms with van der Waals surface area (Å²) in [6.07, 6.45) is 0. The Morgan fingerprint density at radius 2 is 2.08 bits per heavy atom. The van der Waals surface area contributed by atoms with Gasteiger partial charge in [0, 0.05) is 5.69 Å². The van der Waals surface area contributed by atoms with Crippen molar-refractivity contribution in [1.82, 2.24) is 5.32 Å². The molecule has 0 fully saturated rings. The molecule has 2 atom stereocenters. The number of aliphatic hydroxyl groups is 1. The molecule has 3 rings (SSSR count). The lowest BCUT2D eigenvalue weighted by Crippen LogP contribution is -2.39. The second-order valence-corrected chi connectivity index (χ2v) is 9.30. The zero-order valence-electron chi connectivity index (χ0n) is 15.2. The molecule has 0 aliphatic carbocycles. The van der Waals surface area contributed by atoms with E-state index in [2.05, 4.69) is 15.4 Å². The summed E-state index contributed by atoms with van der Waals surface area (Å²) in [4.78, 5) is 12.5. The second kappa shape index (κ2) is 6.14. The Kier molecular flexibility index (Phi) is 4.37. The molecule has 5 N–H and O–H groups in total. The number of aliphatic hydroxyl groups excluding tert-OH is 1. The van der Waals surface area contributed by atoms with Crippen molar-refractivity contribution in [3.63, 3.8) is 0 Å². The SMILES string of the molecule is CCOP1(=O)N=C(C2=C(O)[C@H](C(C)(C)C)NC2=O)Nc2ccc(N)cc21. The maximum Gasteiger partial charge on any atom is 0.348 e. The monoisotopic (exact) mass is 378 g/mol. The highest BCUT2D eigenvalue weighted by molar-refractivity contribution is 7.66. The van der Waals surface area contributed by atoms with Gasteiger partial charge in [-0.25, -0.2) is 0 Å². The van der Waals surface area contributed by atoms with Gasteiger partial charge in [0.25, 0.3) is 5.91 Å². The van der Waals surface area contributed by atoms with Crippen LogP contribution in [0.3, 0.4) is 0 Å². The van der Waals surface area contributed by atoms with E-state index in [-0.39, 0.29) is 23.8 Å². The van der Waals surface area contributed by atoms with Crippen molar-refractivity contribution >= 4 is 35.9 Å². The van der Waals surface area contributed by atoms with E-state index in [1.165, 1.54) is 0 Å². The third kappa shape index (κ3) is 2.99. The lowest BCUT2D eigenvalue weighted by molar-refractivity contribution is -0.117. The lowest BCUT2D eigenvalue weighted by atomic mass is 9.86. The fraction of sp³-hybridized carbons (Fsp3) is 0.412. The first-order valence-electron chi connectivity index (χ1n) is 8.33. The molecular weight excluding hydrogens is 355 g/mol. The Hall–Kier alpha value is -2.31. The topological polar surface area (TPSA) is 126 Å². The summed E-state index contributed by atoms with van der Waals surface area (Å²) < 4.78 is 23.0. The van der Waals surface area contributed by atoms with Crippen LogP contribution in [-0.2, 0) is 13.9 Å². The number of carbonyl (C=O) groups is 1. The molecular formula is C17H23N4O4P. The minimum Gasteiger partial charge on any atom is -0.509 e. The van der Waals surface area contributed by atoms with Gasteiger partial charge in [0.2, 0.25) is 0 Å². The summed E-state index contributed by atoms with van der Waals surface area (Å²) in [6, 6.07) is 4.27. The van der Waals surface area contributed by atoms with Crippen LogP contribution in [0.25, 0.3) is 0 Å². The molecule has 0 aromatic heterocycles. The molecule has 1 aromatic rings. The van der Waals surface area contributed by atoms with E-state index in [0.717, 1.165) is 0 Å². The first-order valence-corrected chi connectivity index (χ1v) is 9.91. The average molecular weight is 378 g/mol. The third-order valence-corrected chi connectivity index (χ3v) is 6.30. The summed E-state index contributed by atoms with van der Waals surface area (Å²) in [6.45, 7) is 7.57. The number of amidine groups is 1. The number of nitrogens with zero attached hydrogens (tertiary/aromatic N) is 1. The number of benzene rings is 1. The molecule has 0 saturated heterocycles. The van der Waals surface area contributed by atoms with E-state index in [1.54, 1.807) is 25.1 Å². The number of nitrogens with two attached hydrogens (primary N) is 1. The summed E-state index contributed by atoms with van der Waals surface area (Å²) >= 11 is 0. The quantitative estimate of drug-likeness (QED) is 0.472. The van der Waals surface area contributed by atoms with Crippen LogP contribution in [0, 0.1) is 5.41 Å². The first kappa shape index (κ1) is 18.5. The highest BCUT2D eigenvalue weighted by Gasteiger charge is 2.43. The molecule has 2 aliphatic rings. The van der Waals surface area contributed by atoms with E-state index in [9.17, 15) is 14.5 Å². The molecule has 2 aliphatic heterocycles. The van der Waals surface area contributed by atoms with Crippen molar-refractivity contribution in [2.24, 2.45) is 10.2 Å². The summed E-state index contributed by atoms with van der Waals surface area (Å²) in [5.41, 5.74) is 6.29. The molecule has 26 heavy (non-hydrogen) atoms. The number of carbonyl (C=O) groups excluding carboxylic acids is 1. The highest BCUT2D eigenvalue weighted by Crippen LogP contribution is 2.52. The van der Waals surface area contributed by atoms with E-state index in [1.807, 2.05) is 20.8 Å². The number of anilines is 2. The standard InChI is InChI=1S/C17H23N4O4P/c1-5-25-26(24)11-8-9(18)6-7-10(11)19-15(21-26)12-13(22)14(17(2,3)4)20-16(12)23/h6-8,14,22H,5,18H2,1-4H3,(H,20,23)(H,19,21,24)/t14-,26?/m1/s1. The van der Waals surface area contributed by atoms with Crippen molar-refractivity contribution in [3.8, 4) is 0 Å². The van der Waals surface area contributed by atoms with Crippen molar-refractivity contribution < 1.29 is 19.0 Å². The Bertz CT molecular complexity index is 885. The van der Waals surface area contributed by atoms with Crippen LogP contribution >= 0.6 is 7.52 Å². The van der Waals surface area contributed by atoms with Gasteiger partial charge in [-0.05, 0) is 30.5 Å². The van der Waals surface area contributed by atoms with Crippen molar-refractivity contribution in [2.75, 3.05) is 17.7 Å². The number of nitrogen functional groups attached to an aromatic ring is 1. The summed E-state index contributed by atoms with van der Waals surface area (Å²) in [5, 5.41) is 16.7.